The average molecular weight is 212 g/mol. The van der Waals surface area contributed by atoms with E-state index in [9.17, 15) is 10.1 Å². The summed E-state index contributed by atoms with van der Waals surface area (Å²) in [5.74, 6) is -0.0505. The molecule has 0 radical (unpaired) electrons. The van der Waals surface area contributed by atoms with Crippen molar-refractivity contribution < 1.29 is 4.92 Å². The van der Waals surface area contributed by atoms with Gasteiger partial charge in [-0.05, 0) is 24.8 Å². The second-order valence-corrected chi connectivity index (χ2v) is 3.41. The zero-order valence-electron chi connectivity index (χ0n) is 9.06. The number of rotatable bonds is 6. The van der Waals surface area contributed by atoms with E-state index in [1.54, 1.807) is 17.8 Å². The molecule has 0 amide bonds. The van der Waals surface area contributed by atoms with Crippen LogP contribution < -0.4 is 5.32 Å². The Labute approximate surface area is 88.4 Å². The summed E-state index contributed by atoms with van der Waals surface area (Å²) in [6.07, 6.45) is 2.78. The first-order chi connectivity index (χ1) is 7.15. The van der Waals surface area contributed by atoms with Crippen LogP contribution in [0.4, 0.5) is 5.82 Å². The molecule has 15 heavy (non-hydrogen) atoms. The van der Waals surface area contributed by atoms with E-state index in [1.165, 1.54) is 0 Å². The smallest absolute Gasteiger partial charge is 0.358 e. The van der Waals surface area contributed by atoms with Gasteiger partial charge in [0, 0.05) is 6.54 Å². The van der Waals surface area contributed by atoms with Crippen LogP contribution in [-0.2, 0) is 6.54 Å². The largest absolute Gasteiger partial charge is 0.392 e. The Morgan fingerprint density at radius 3 is 2.87 bits per heavy atom. The van der Waals surface area contributed by atoms with Crippen LogP contribution in [0.15, 0.2) is 6.20 Å². The van der Waals surface area contributed by atoms with Gasteiger partial charge in [0.05, 0.1) is 23.4 Å². The van der Waals surface area contributed by atoms with Crippen LogP contribution in [0.3, 0.4) is 0 Å². The van der Waals surface area contributed by atoms with Crippen molar-refractivity contribution in [2.24, 2.45) is 0 Å². The summed E-state index contributed by atoms with van der Waals surface area (Å²) in [5.41, 5.74) is 0.607. The summed E-state index contributed by atoms with van der Waals surface area (Å²) < 4.78 is 1.61. The molecule has 0 aliphatic carbocycles. The normalized spacial score (nSPS) is 10.5. The highest BCUT2D eigenvalue weighted by Crippen LogP contribution is 2.13. The Bertz CT molecular complexity index is 335. The lowest BCUT2D eigenvalue weighted by molar-refractivity contribution is -0.390. The molecule has 0 aliphatic heterocycles. The molecule has 0 saturated heterocycles. The Balaban J connectivity index is 2.48. The van der Waals surface area contributed by atoms with E-state index in [0.29, 0.717) is 12.1 Å². The van der Waals surface area contributed by atoms with Crippen molar-refractivity contribution in [1.82, 2.24) is 15.1 Å². The van der Waals surface area contributed by atoms with Crippen LogP contribution in [0.25, 0.3) is 0 Å². The third-order valence-corrected chi connectivity index (χ3v) is 2.04. The molecule has 0 fully saturated rings. The molecule has 1 aromatic heterocycles. The molecule has 1 rings (SSSR count). The van der Waals surface area contributed by atoms with Crippen molar-refractivity contribution in [3.05, 3.63) is 21.9 Å². The first-order valence-electron chi connectivity index (χ1n) is 5.04. The standard InChI is InChI=1S/C9H16N4O2/c1-3-4-10-5-6-12-7-8(2)9(11-12)13(14)15/h7,10H,3-6H2,1-2H3. The van der Waals surface area contributed by atoms with Gasteiger partial charge in [-0.2, -0.15) is 4.68 Å². The van der Waals surface area contributed by atoms with Gasteiger partial charge >= 0.3 is 5.82 Å². The summed E-state index contributed by atoms with van der Waals surface area (Å²) in [4.78, 5) is 10.1. The van der Waals surface area contributed by atoms with Crippen molar-refractivity contribution in [2.45, 2.75) is 26.8 Å². The van der Waals surface area contributed by atoms with Crippen LogP contribution in [-0.4, -0.2) is 27.8 Å². The van der Waals surface area contributed by atoms with Crippen LogP contribution in [0.1, 0.15) is 18.9 Å². The highest BCUT2D eigenvalue weighted by atomic mass is 16.6. The van der Waals surface area contributed by atoms with E-state index in [0.717, 1.165) is 19.5 Å². The molecule has 0 aromatic carbocycles. The lowest BCUT2D eigenvalue weighted by atomic mass is 10.4. The summed E-state index contributed by atoms with van der Waals surface area (Å²) in [6, 6.07) is 0. The monoisotopic (exact) mass is 212 g/mol. The highest BCUT2D eigenvalue weighted by molar-refractivity contribution is 5.27. The zero-order chi connectivity index (χ0) is 11.3. The van der Waals surface area contributed by atoms with Gasteiger partial charge in [0.1, 0.15) is 0 Å². The van der Waals surface area contributed by atoms with E-state index < -0.39 is 4.92 Å². The highest BCUT2D eigenvalue weighted by Gasteiger charge is 2.16. The van der Waals surface area contributed by atoms with Crippen molar-refractivity contribution >= 4 is 5.82 Å². The van der Waals surface area contributed by atoms with E-state index in [1.807, 2.05) is 0 Å². The maximum atomic E-state index is 10.5. The second-order valence-electron chi connectivity index (χ2n) is 3.41. The SMILES string of the molecule is CCCNCCn1cc(C)c([N+](=O)[O-])n1. The van der Waals surface area contributed by atoms with Crippen molar-refractivity contribution in [3.8, 4) is 0 Å². The van der Waals surface area contributed by atoms with Gasteiger partial charge in [0.2, 0.25) is 0 Å². The van der Waals surface area contributed by atoms with E-state index in [-0.39, 0.29) is 5.82 Å². The average Bonchev–Trinajstić information content (AvgIpc) is 2.55. The topological polar surface area (TPSA) is 73.0 Å². The van der Waals surface area contributed by atoms with Crippen molar-refractivity contribution in [3.63, 3.8) is 0 Å². The Morgan fingerprint density at radius 1 is 1.60 bits per heavy atom. The Hall–Kier alpha value is -1.43. The number of nitro groups is 1. The van der Waals surface area contributed by atoms with Crippen molar-refractivity contribution in [1.29, 1.82) is 0 Å². The van der Waals surface area contributed by atoms with Crippen LogP contribution in [0, 0.1) is 17.0 Å². The summed E-state index contributed by atoms with van der Waals surface area (Å²) in [6.45, 7) is 6.19. The molecule has 0 aliphatic rings. The molecule has 1 aromatic rings. The van der Waals surface area contributed by atoms with Gasteiger partial charge in [-0.3, -0.25) is 0 Å². The first kappa shape index (κ1) is 11.6. The van der Waals surface area contributed by atoms with Crippen LogP contribution in [0.5, 0.6) is 0 Å². The third-order valence-electron chi connectivity index (χ3n) is 2.04. The summed E-state index contributed by atoms with van der Waals surface area (Å²) in [5, 5.41) is 17.6. The fourth-order valence-electron chi connectivity index (χ4n) is 1.30. The van der Waals surface area contributed by atoms with Crippen LogP contribution in [0.2, 0.25) is 0 Å². The molecule has 84 valence electrons. The van der Waals surface area contributed by atoms with E-state index in [2.05, 4.69) is 17.3 Å². The van der Waals surface area contributed by atoms with Gasteiger partial charge in [0.15, 0.2) is 0 Å². The first-order valence-corrected chi connectivity index (χ1v) is 5.04. The number of nitrogens with zero attached hydrogens (tertiary/aromatic N) is 3. The minimum atomic E-state index is -0.453. The van der Waals surface area contributed by atoms with E-state index in [4.69, 9.17) is 0 Å². The number of nitrogens with one attached hydrogen (secondary N) is 1. The molecule has 0 atom stereocenters. The number of aryl methyl sites for hydroxylation is 1. The molecule has 1 heterocycles. The molecule has 6 nitrogen and oxygen atoms in total. The van der Waals surface area contributed by atoms with Crippen molar-refractivity contribution in [2.75, 3.05) is 13.1 Å². The lowest BCUT2D eigenvalue weighted by Crippen LogP contribution is -2.20. The molecule has 1 N–H and O–H groups in total. The minimum absolute atomic E-state index is 0.0505. The van der Waals surface area contributed by atoms with E-state index >= 15 is 0 Å². The number of hydrogen-bond acceptors (Lipinski definition) is 4. The predicted molar refractivity (Wildman–Crippen MR) is 56.8 cm³/mol. The number of aromatic nitrogens is 2. The van der Waals surface area contributed by atoms with Gasteiger partial charge in [-0.1, -0.05) is 6.92 Å². The Morgan fingerprint density at radius 2 is 2.33 bits per heavy atom. The Kier molecular flexibility index (Phi) is 4.23. The summed E-state index contributed by atoms with van der Waals surface area (Å²) in [7, 11) is 0. The molecule has 0 bridgehead atoms. The third kappa shape index (κ3) is 3.32. The summed E-state index contributed by atoms with van der Waals surface area (Å²) >= 11 is 0. The van der Waals surface area contributed by atoms with Gasteiger partial charge in [-0.25, -0.2) is 0 Å². The molecule has 0 saturated carbocycles. The van der Waals surface area contributed by atoms with Gasteiger partial charge in [0.25, 0.3) is 0 Å². The molecular formula is C9H16N4O2. The molecule has 6 heteroatoms. The maximum Gasteiger partial charge on any atom is 0.392 e. The van der Waals surface area contributed by atoms with Gasteiger partial charge in [-0.15, -0.1) is 0 Å². The van der Waals surface area contributed by atoms with Gasteiger partial charge < -0.3 is 15.4 Å². The number of hydrogen-bond donors (Lipinski definition) is 1. The predicted octanol–water partition coefficient (Wildman–Crippen LogP) is 1.10. The quantitative estimate of drug-likeness (QED) is 0.435. The second kappa shape index (κ2) is 5.45. The lowest BCUT2D eigenvalue weighted by Gasteiger charge is -1.99. The fourth-order valence-corrected chi connectivity index (χ4v) is 1.30. The zero-order valence-corrected chi connectivity index (χ0v) is 9.06. The van der Waals surface area contributed by atoms with Crippen LogP contribution >= 0.6 is 0 Å². The minimum Gasteiger partial charge on any atom is -0.358 e. The fraction of sp³-hybridized carbons (Fsp3) is 0.667. The molecule has 0 unspecified atom stereocenters. The molecular weight excluding hydrogens is 196 g/mol. The maximum absolute atomic E-state index is 10.5. The molecule has 0 spiro atoms.